The molecule has 148 valence electrons. The largest absolute Gasteiger partial charge is 0.333 e. The van der Waals surface area contributed by atoms with Crippen molar-refractivity contribution in [3.63, 3.8) is 0 Å². The maximum atomic E-state index is 13.0. The van der Waals surface area contributed by atoms with Crippen LogP contribution >= 0.6 is 0 Å². The molecule has 1 aromatic carbocycles. The van der Waals surface area contributed by atoms with Gasteiger partial charge in [0.15, 0.2) is 0 Å². The van der Waals surface area contributed by atoms with Crippen LogP contribution in [0.3, 0.4) is 0 Å². The lowest BCUT2D eigenvalue weighted by atomic mass is 10.1. The van der Waals surface area contributed by atoms with Crippen LogP contribution in [-0.4, -0.2) is 108 Å². The summed E-state index contributed by atoms with van der Waals surface area (Å²) in [5.41, 5.74) is 1.12. The lowest BCUT2D eigenvalue weighted by molar-refractivity contribution is -0.552. The summed E-state index contributed by atoms with van der Waals surface area (Å²) >= 11 is 0. The smallest absolute Gasteiger partial charge is 0.304 e. The van der Waals surface area contributed by atoms with Crippen LogP contribution in [0.1, 0.15) is 5.56 Å². The molecule has 0 N–H and O–H groups in total. The fourth-order valence-electron chi connectivity index (χ4n) is 3.94. The molecule has 8 heteroatoms. The Hall–Kier alpha value is -2.58. The lowest BCUT2D eigenvalue weighted by Gasteiger charge is -2.31. The molecule has 0 radical (unpaired) electrons. The van der Waals surface area contributed by atoms with Crippen molar-refractivity contribution >= 4 is 23.6 Å². The standard InChI is InChI=1S/C20H27N6O2/c1-22-9-11-25(12-10-22)14-16-21-18-17(19(27)24(3)20(28)23(18)2)26(16)13-15-7-5-4-6-8-15/h4-8,17H,9-14H2,1-3H3/q+1. The third-order valence-corrected chi connectivity index (χ3v) is 5.77. The van der Waals surface area contributed by atoms with Gasteiger partial charge in [-0.1, -0.05) is 30.3 Å². The summed E-state index contributed by atoms with van der Waals surface area (Å²) in [5.74, 6) is 1.18. The highest BCUT2D eigenvalue weighted by atomic mass is 16.2. The first-order valence-electron chi connectivity index (χ1n) is 9.67. The van der Waals surface area contributed by atoms with Crippen molar-refractivity contribution in [2.75, 3.05) is 53.9 Å². The maximum Gasteiger partial charge on any atom is 0.333 e. The number of rotatable bonds is 4. The molecule has 3 amide bonds. The number of carbonyl (C=O) groups is 2. The lowest BCUT2D eigenvalue weighted by Crippen LogP contribution is -2.61. The third kappa shape index (κ3) is 3.33. The third-order valence-electron chi connectivity index (χ3n) is 5.77. The summed E-state index contributed by atoms with van der Waals surface area (Å²) in [6, 6.07) is 9.21. The Kier molecular flexibility index (Phi) is 4.99. The van der Waals surface area contributed by atoms with E-state index in [-0.39, 0.29) is 11.9 Å². The molecule has 1 aromatic rings. The number of hydrogen-bond acceptors (Lipinski definition) is 5. The predicted octanol–water partition coefficient (Wildman–Crippen LogP) is 0.150. The van der Waals surface area contributed by atoms with Crippen LogP contribution in [0.15, 0.2) is 35.3 Å². The summed E-state index contributed by atoms with van der Waals surface area (Å²) in [4.78, 5) is 37.5. The molecule has 2 saturated heterocycles. The van der Waals surface area contributed by atoms with E-state index in [0.717, 1.165) is 37.6 Å². The van der Waals surface area contributed by atoms with Crippen molar-refractivity contribution in [3.05, 3.63) is 35.9 Å². The Labute approximate surface area is 165 Å². The van der Waals surface area contributed by atoms with Crippen molar-refractivity contribution in [2.45, 2.75) is 12.6 Å². The molecule has 0 bridgehead atoms. The molecular weight excluding hydrogens is 356 g/mol. The Balaban J connectivity index is 1.67. The van der Waals surface area contributed by atoms with Gasteiger partial charge in [0, 0.05) is 40.3 Å². The number of carbonyl (C=O) groups excluding carboxylic acids is 2. The van der Waals surface area contributed by atoms with Crippen LogP contribution < -0.4 is 0 Å². The normalized spacial score (nSPS) is 24.1. The van der Waals surface area contributed by atoms with Gasteiger partial charge in [-0.3, -0.25) is 19.5 Å². The van der Waals surface area contributed by atoms with Gasteiger partial charge < -0.3 is 4.90 Å². The van der Waals surface area contributed by atoms with Gasteiger partial charge in [-0.15, -0.1) is 0 Å². The average Bonchev–Trinajstić information content (AvgIpc) is 3.05. The molecule has 0 aromatic heterocycles. The van der Waals surface area contributed by atoms with Crippen LogP contribution in [-0.2, 0) is 11.3 Å². The molecule has 2 fully saturated rings. The Bertz CT molecular complexity index is 842. The van der Waals surface area contributed by atoms with Gasteiger partial charge in [0.1, 0.15) is 13.1 Å². The molecule has 3 aliphatic rings. The molecule has 28 heavy (non-hydrogen) atoms. The summed E-state index contributed by atoms with van der Waals surface area (Å²) in [6.45, 7) is 5.25. The molecule has 1 atom stereocenters. The van der Waals surface area contributed by atoms with Gasteiger partial charge in [0.25, 0.3) is 17.8 Å². The highest BCUT2D eigenvalue weighted by molar-refractivity contribution is 6.23. The predicted molar refractivity (Wildman–Crippen MR) is 107 cm³/mol. The van der Waals surface area contributed by atoms with Crippen molar-refractivity contribution in [2.24, 2.45) is 4.99 Å². The topological polar surface area (TPSA) is 62.5 Å². The van der Waals surface area contributed by atoms with Crippen LogP contribution in [0.4, 0.5) is 4.79 Å². The first-order chi connectivity index (χ1) is 13.5. The molecule has 0 spiro atoms. The fraction of sp³-hybridized carbons (Fsp3) is 0.500. The summed E-state index contributed by atoms with van der Waals surface area (Å²) in [5, 5.41) is 0. The number of amidine groups is 2. The Morgan fingerprint density at radius 2 is 1.68 bits per heavy atom. The van der Waals surface area contributed by atoms with E-state index in [2.05, 4.69) is 33.6 Å². The summed E-state index contributed by atoms with van der Waals surface area (Å²) in [7, 11) is 5.36. The molecule has 8 nitrogen and oxygen atoms in total. The molecule has 3 heterocycles. The first kappa shape index (κ1) is 18.8. The number of imide groups is 1. The van der Waals surface area contributed by atoms with E-state index < -0.39 is 6.04 Å². The minimum absolute atomic E-state index is 0.217. The molecule has 3 aliphatic heterocycles. The quantitative estimate of drug-likeness (QED) is 0.695. The minimum atomic E-state index is -0.546. The van der Waals surface area contributed by atoms with Crippen molar-refractivity contribution in [1.29, 1.82) is 0 Å². The highest BCUT2D eigenvalue weighted by Crippen LogP contribution is 2.21. The van der Waals surface area contributed by atoms with E-state index in [0.29, 0.717) is 18.9 Å². The van der Waals surface area contributed by atoms with Gasteiger partial charge in [0.2, 0.25) is 0 Å². The van der Waals surface area contributed by atoms with Crippen LogP contribution in [0, 0.1) is 0 Å². The van der Waals surface area contributed by atoms with Gasteiger partial charge in [-0.2, -0.15) is 0 Å². The average molecular weight is 383 g/mol. The number of benzene rings is 1. The zero-order valence-corrected chi connectivity index (χ0v) is 16.7. The van der Waals surface area contributed by atoms with Crippen molar-refractivity contribution < 1.29 is 14.2 Å². The zero-order valence-electron chi connectivity index (χ0n) is 16.7. The van der Waals surface area contributed by atoms with E-state index in [4.69, 9.17) is 4.99 Å². The van der Waals surface area contributed by atoms with E-state index in [1.807, 2.05) is 18.2 Å². The number of amides is 3. The number of piperazine rings is 1. The van der Waals surface area contributed by atoms with Crippen LogP contribution in [0.2, 0.25) is 0 Å². The van der Waals surface area contributed by atoms with Gasteiger partial charge >= 0.3 is 11.9 Å². The number of nitrogens with zero attached hydrogens (tertiary/aromatic N) is 6. The van der Waals surface area contributed by atoms with E-state index >= 15 is 0 Å². The number of aliphatic imine (C=N–C) groups is 1. The SMILES string of the molecule is CN1CCN(CC2=[N+](Cc3ccccc3)C3C(=O)N(C)C(=O)N(C)C3=N2)CC1. The molecule has 0 saturated carbocycles. The second-order valence-electron chi connectivity index (χ2n) is 7.72. The van der Waals surface area contributed by atoms with Gasteiger partial charge in [-0.25, -0.2) is 9.37 Å². The molecule has 0 aliphatic carbocycles. The van der Waals surface area contributed by atoms with Gasteiger partial charge in [0.05, 0.1) is 0 Å². The first-order valence-corrected chi connectivity index (χ1v) is 9.67. The fourth-order valence-corrected chi connectivity index (χ4v) is 3.94. The molecular formula is C20H27N6O2+. The van der Waals surface area contributed by atoms with Crippen LogP contribution in [0.5, 0.6) is 0 Å². The van der Waals surface area contributed by atoms with Crippen molar-refractivity contribution in [1.82, 2.24) is 19.6 Å². The molecule has 1 unspecified atom stereocenters. The van der Waals surface area contributed by atoms with E-state index in [9.17, 15) is 9.59 Å². The number of hydrogen-bond donors (Lipinski definition) is 0. The number of likely N-dealkylation sites (N-methyl/N-ethyl adjacent to an activating group) is 3. The minimum Gasteiger partial charge on any atom is -0.304 e. The zero-order chi connectivity index (χ0) is 19.8. The second kappa shape index (κ2) is 7.44. The van der Waals surface area contributed by atoms with Crippen LogP contribution in [0.25, 0.3) is 0 Å². The second-order valence-corrected chi connectivity index (χ2v) is 7.72. The van der Waals surface area contributed by atoms with E-state index in [1.54, 1.807) is 7.05 Å². The maximum absolute atomic E-state index is 13.0. The van der Waals surface area contributed by atoms with Crippen molar-refractivity contribution in [3.8, 4) is 0 Å². The summed E-state index contributed by atoms with van der Waals surface area (Å²) < 4.78 is 2.06. The van der Waals surface area contributed by atoms with E-state index in [1.165, 1.54) is 16.8 Å². The molecule has 4 rings (SSSR count). The van der Waals surface area contributed by atoms with Gasteiger partial charge in [-0.05, 0) is 17.6 Å². The monoisotopic (exact) mass is 383 g/mol. The summed E-state index contributed by atoms with van der Waals surface area (Å²) in [6.07, 6.45) is 0. The Morgan fingerprint density at radius 1 is 1.00 bits per heavy atom. The Morgan fingerprint density at radius 3 is 2.36 bits per heavy atom. The number of urea groups is 1. The highest BCUT2D eigenvalue weighted by Gasteiger charge is 2.53. The number of fused-ring (bicyclic) bond motifs is 1.